The van der Waals surface area contributed by atoms with Crippen LogP contribution in [0.2, 0.25) is 0 Å². The number of carbonyl (C=O) groups is 2. The number of carbonyl (C=O) groups excluding carboxylic acids is 2. The van der Waals surface area contributed by atoms with Crippen molar-refractivity contribution in [3.8, 4) is 5.75 Å². The first-order valence-electron chi connectivity index (χ1n) is 5.97. The number of rotatable bonds is 4. The average Bonchev–Trinajstić information content (AvgIpc) is 2.76. The zero-order valence-corrected chi connectivity index (χ0v) is 9.98. The molecule has 18 heavy (non-hydrogen) atoms. The van der Waals surface area contributed by atoms with E-state index >= 15 is 0 Å². The summed E-state index contributed by atoms with van der Waals surface area (Å²) >= 11 is 0. The highest BCUT2D eigenvalue weighted by Crippen LogP contribution is 2.10. The Morgan fingerprint density at radius 3 is 2.72 bits per heavy atom. The van der Waals surface area contributed by atoms with Crippen LogP contribution < -0.4 is 10.6 Å². The van der Waals surface area contributed by atoms with E-state index in [0.29, 0.717) is 13.0 Å². The van der Waals surface area contributed by atoms with Gasteiger partial charge < -0.3 is 15.7 Å². The van der Waals surface area contributed by atoms with Gasteiger partial charge in [0.2, 0.25) is 11.8 Å². The van der Waals surface area contributed by atoms with Crippen molar-refractivity contribution in [1.82, 2.24) is 10.6 Å². The third kappa shape index (κ3) is 3.48. The first kappa shape index (κ1) is 12.4. The van der Waals surface area contributed by atoms with Crippen LogP contribution in [0.4, 0.5) is 0 Å². The highest BCUT2D eigenvalue weighted by Gasteiger charge is 2.20. The molecular formula is C13H16N2O3. The summed E-state index contributed by atoms with van der Waals surface area (Å²) in [6.45, 7) is 0.475. The van der Waals surface area contributed by atoms with Crippen LogP contribution in [0.5, 0.6) is 5.75 Å². The van der Waals surface area contributed by atoms with Crippen molar-refractivity contribution in [3.63, 3.8) is 0 Å². The van der Waals surface area contributed by atoms with Gasteiger partial charge in [-0.1, -0.05) is 12.1 Å². The lowest BCUT2D eigenvalue weighted by Crippen LogP contribution is -2.38. The number of benzene rings is 1. The standard InChI is InChI=1S/C13H16N2O3/c16-11-4-1-9(2-5-11)7-13(18)14-8-10-3-6-12(17)15-10/h1-2,4-5,10,16H,3,6-8H2,(H,14,18)(H,15,17). The third-order valence-electron chi connectivity index (χ3n) is 2.93. The molecule has 0 spiro atoms. The highest BCUT2D eigenvalue weighted by molar-refractivity contribution is 5.80. The fourth-order valence-electron chi connectivity index (χ4n) is 1.93. The van der Waals surface area contributed by atoms with Crippen LogP contribution in [0.15, 0.2) is 24.3 Å². The second-order valence-electron chi connectivity index (χ2n) is 4.45. The first-order chi connectivity index (χ1) is 8.63. The maximum Gasteiger partial charge on any atom is 0.224 e. The van der Waals surface area contributed by atoms with Gasteiger partial charge in [0.05, 0.1) is 6.42 Å². The Morgan fingerprint density at radius 1 is 1.39 bits per heavy atom. The molecular weight excluding hydrogens is 232 g/mol. The largest absolute Gasteiger partial charge is 0.508 e. The summed E-state index contributed by atoms with van der Waals surface area (Å²) in [6.07, 6.45) is 1.60. The number of phenols is 1. The molecule has 96 valence electrons. The monoisotopic (exact) mass is 248 g/mol. The van der Waals surface area contributed by atoms with E-state index in [4.69, 9.17) is 5.11 Å². The van der Waals surface area contributed by atoms with Crippen LogP contribution in [0, 0.1) is 0 Å². The van der Waals surface area contributed by atoms with Crippen molar-refractivity contribution < 1.29 is 14.7 Å². The van der Waals surface area contributed by atoms with E-state index in [0.717, 1.165) is 12.0 Å². The predicted molar refractivity (Wildman–Crippen MR) is 66.0 cm³/mol. The van der Waals surface area contributed by atoms with Gasteiger partial charge in [0.15, 0.2) is 0 Å². The fraction of sp³-hybridized carbons (Fsp3) is 0.385. The molecule has 1 aliphatic heterocycles. The molecule has 2 amide bonds. The summed E-state index contributed by atoms with van der Waals surface area (Å²) in [5.41, 5.74) is 0.848. The van der Waals surface area contributed by atoms with E-state index in [9.17, 15) is 9.59 Å². The maximum atomic E-state index is 11.6. The van der Waals surface area contributed by atoms with Crippen molar-refractivity contribution in [3.05, 3.63) is 29.8 Å². The Morgan fingerprint density at radius 2 is 2.11 bits per heavy atom. The molecule has 1 saturated heterocycles. The normalized spacial score (nSPS) is 18.4. The number of phenolic OH excluding ortho intramolecular Hbond substituents is 1. The van der Waals surface area contributed by atoms with Gasteiger partial charge in [-0.3, -0.25) is 9.59 Å². The van der Waals surface area contributed by atoms with Gasteiger partial charge in [-0.05, 0) is 24.1 Å². The van der Waals surface area contributed by atoms with Crippen molar-refractivity contribution in [1.29, 1.82) is 0 Å². The molecule has 2 rings (SSSR count). The average molecular weight is 248 g/mol. The Labute approximate surface area is 105 Å². The van der Waals surface area contributed by atoms with Crippen LogP contribution in [0.25, 0.3) is 0 Å². The van der Waals surface area contributed by atoms with E-state index in [1.807, 2.05) is 0 Å². The van der Waals surface area contributed by atoms with Crippen LogP contribution >= 0.6 is 0 Å². The van der Waals surface area contributed by atoms with Crippen molar-refractivity contribution >= 4 is 11.8 Å². The SMILES string of the molecule is O=C(Cc1ccc(O)cc1)NCC1CCC(=O)N1. The molecule has 0 aromatic heterocycles. The number of aromatic hydroxyl groups is 1. The Hall–Kier alpha value is -2.04. The molecule has 1 aliphatic rings. The topological polar surface area (TPSA) is 78.4 Å². The van der Waals surface area contributed by atoms with Crippen molar-refractivity contribution in [2.24, 2.45) is 0 Å². The van der Waals surface area contributed by atoms with Gasteiger partial charge in [-0.25, -0.2) is 0 Å². The quantitative estimate of drug-likeness (QED) is 0.718. The lowest BCUT2D eigenvalue weighted by Gasteiger charge is -2.11. The fourth-order valence-corrected chi connectivity index (χ4v) is 1.93. The van der Waals surface area contributed by atoms with Crippen molar-refractivity contribution in [2.45, 2.75) is 25.3 Å². The minimum absolute atomic E-state index is 0.0489. The Bertz CT molecular complexity index is 442. The van der Waals surface area contributed by atoms with Gasteiger partial charge in [0.25, 0.3) is 0 Å². The number of hydrogen-bond acceptors (Lipinski definition) is 3. The summed E-state index contributed by atoms with van der Waals surface area (Å²) in [5.74, 6) is 0.155. The van der Waals surface area contributed by atoms with E-state index in [2.05, 4.69) is 10.6 Å². The summed E-state index contributed by atoms with van der Waals surface area (Å²) < 4.78 is 0. The predicted octanol–water partition coefficient (Wildman–Crippen LogP) is 0.329. The van der Waals surface area contributed by atoms with E-state index in [1.54, 1.807) is 24.3 Å². The van der Waals surface area contributed by atoms with Gasteiger partial charge in [0, 0.05) is 19.0 Å². The molecule has 0 saturated carbocycles. The number of nitrogens with one attached hydrogen (secondary N) is 2. The summed E-state index contributed by atoms with van der Waals surface area (Å²) in [5, 5.41) is 14.7. The summed E-state index contributed by atoms with van der Waals surface area (Å²) in [6, 6.07) is 6.60. The first-order valence-corrected chi connectivity index (χ1v) is 5.97. The van der Waals surface area contributed by atoms with Gasteiger partial charge in [0.1, 0.15) is 5.75 Å². The van der Waals surface area contributed by atoms with Crippen LogP contribution in [0.1, 0.15) is 18.4 Å². The van der Waals surface area contributed by atoms with Gasteiger partial charge in [-0.2, -0.15) is 0 Å². The highest BCUT2D eigenvalue weighted by atomic mass is 16.3. The smallest absolute Gasteiger partial charge is 0.224 e. The minimum atomic E-state index is -0.0816. The molecule has 1 aromatic carbocycles. The zero-order valence-electron chi connectivity index (χ0n) is 9.98. The molecule has 1 atom stereocenters. The van der Waals surface area contributed by atoms with E-state index in [1.165, 1.54) is 0 Å². The zero-order chi connectivity index (χ0) is 13.0. The molecule has 0 radical (unpaired) electrons. The van der Waals surface area contributed by atoms with E-state index < -0.39 is 0 Å². The second kappa shape index (κ2) is 5.53. The maximum absolute atomic E-state index is 11.6. The van der Waals surface area contributed by atoms with E-state index in [-0.39, 0.29) is 30.0 Å². The molecule has 3 N–H and O–H groups in total. The van der Waals surface area contributed by atoms with Crippen molar-refractivity contribution in [2.75, 3.05) is 6.54 Å². The number of hydrogen-bond donors (Lipinski definition) is 3. The molecule has 0 aliphatic carbocycles. The lowest BCUT2D eigenvalue weighted by molar-refractivity contribution is -0.121. The summed E-state index contributed by atoms with van der Waals surface area (Å²) in [7, 11) is 0. The summed E-state index contributed by atoms with van der Waals surface area (Å²) in [4.78, 5) is 22.6. The van der Waals surface area contributed by atoms with Crippen LogP contribution in [0.3, 0.4) is 0 Å². The molecule has 1 heterocycles. The Kier molecular flexibility index (Phi) is 3.82. The molecule has 5 heteroatoms. The van der Waals surface area contributed by atoms with Gasteiger partial charge in [-0.15, -0.1) is 0 Å². The molecule has 0 bridgehead atoms. The third-order valence-corrected chi connectivity index (χ3v) is 2.93. The Balaban J connectivity index is 1.75. The van der Waals surface area contributed by atoms with Gasteiger partial charge >= 0.3 is 0 Å². The lowest BCUT2D eigenvalue weighted by atomic mass is 10.1. The molecule has 1 aromatic rings. The minimum Gasteiger partial charge on any atom is -0.508 e. The second-order valence-corrected chi connectivity index (χ2v) is 4.45. The molecule has 1 fully saturated rings. The van der Waals surface area contributed by atoms with Crippen LogP contribution in [-0.4, -0.2) is 29.5 Å². The molecule has 1 unspecified atom stereocenters. The molecule has 5 nitrogen and oxygen atoms in total. The van der Waals surface area contributed by atoms with Crippen LogP contribution in [-0.2, 0) is 16.0 Å². The number of amides is 2.